The molecule has 0 saturated carbocycles. The molecule has 8 heteroatoms. The van der Waals surface area contributed by atoms with E-state index >= 15 is 0 Å². The van der Waals surface area contributed by atoms with Gasteiger partial charge in [0.25, 0.3) is 5.91 Å². The molecule has 0 radical (unpaired) electrons. The molecule has 2 N–H and O–H groups in total. The molecule has 0 aliphatic carbocycles. The van der Waals surface area contributed by atoms with Gasteiger partial charge in [-0.1, -0.05) is 11.6 Å². The lowest BCUT2D eigenvalue weighted by Gasteiger charge is -2.24. The molecule has 27 heavy (non-hydrogen) atoms. The first kappa shape index (κ1) is 19.5. The highest BCUT2D eigenvalue weighted by Gasteiger charge is 2.25. The van der Waals surface area contributed by atoms with Gasteiger partial charge in [0.15, 0.2) is 0 Å². The van der Waals surface area contributed by atoms with Crippen LogP contribution in [0.25, 0.3) is 0 Å². The van der Waals surface area contributed by atoms with Crippen molar-refractivity contribution >= 4 is 28.9 Å². The largest absolute Gasteiger partial charge is 0.393 e. The smallest absolute Gasteiger partial charge is 0.255 e. The third-order valence-electron chi connectivity index (χ3n) is 4.41. The number of carbonyl (C=O) groups excluding carboxylic acids is 1. The minimum atomic E-state index is -1.29. The van der Waals surface area contributed by atoms with Crippen LogP contribution in [0.3, 0.4) is 0 Å². The van der Waals surface area contributed by atoms with Gasteiger partial charge in [-0.2, -0.15) is 0 Å². The standard InChI is InChI=1S/C19H18ClF3N2O2/c20-15-9-13(2-4-16(15)22)24-19(27)11-1-3-17(23)18(7-11)25-6-5-14(26)8-12(21)10-25/h1-4,7,9,12,14,26H,5-6,8,10H2,(H,24,27). The fourth-order valence-electron chi connectivity index (χ4n) is 3.02. The van der Waals surface area contributed by atoms with Crippen LogP contribution in [0.15, 0.2) is 36.4 Å². The van der Waals surface area contributed by atoms with E-state index < -0.39 is 29.8 Å². The van der Waals surface area contributed by atoms with Crippen LogP contribution in [0.5, 0.6) is 0 Å². The second kappa shape index (κ2) is 8.19. The van der Waals surface area contributed by atoms with Crippen LogP contribution in [0.2, 0.25) is 5.02 Å². The van der Waals surface area contributed by atoms with Crippen molar-refractivity contribution in [2.75, 3.05) is 23.3 Å². The lowest BCUT2D eigenvalue weighted by Crippen LogP contribution is -2.30. The molecule has 1 heterocycles. The van der Waals surface area contributed by atoms with Gasteiger partial charge in [0.1, 0.15) is 17.8 Å². The van der Waals surface area contributed by atoms with Gasteiger partial charge in [-0.15, -0.1) is 0 Å². The molecule has 2 atom stereocenters. The van der Waals surface area contributed by atoms with E-state index in [1.54, 1.807) is 0 Å². The molecule has 2 unspecified atom stereocenters. The zero-order valence-corrected chi connectivity index (χ0v) is 15.0. The van der Waals surface area contributed by atoms with Crippen molar-refractivity contribution in [3.05, 3.63) is 58.6 Å². The molecule has 1 saturated heterocycles. The van der Waals surface area contributed by atoms with Crippen LogP contribution < -0.4 is 10.2 Å². The lowest BCUT2D eigenvalue weighted by molar-refractivity contribution is 0.102. The lowest BCUT2D eigenvalue weighted by atomic mass is 10.1. The predicted octanol–water partition coefficient (Wildman–Crippen LogP) is 4.17. The third kappa shape index (κ3) is 4.73. The van der Waals surface area contributed by atoms with Crippen LogP contribution in [-0.2, 0) is 0 Å². The Hall–Kier alpha value is -2.25. The molecule has 0 aromatic heterocycles. The summed E-state index contributed by atoms with van der Waals surface area (Å²) in [5.41, 5.74) is 0.544. The summed E-state index contributed by atoms with van der Waals surface area (Å²) in [7, 11) is 0. The number of anilines is 2. The fourth-order valence-corrected chi connectivity index (χ4v) is 3.20. The van der Waals surface area contributed by atoms with Crippen LogP contribution in [0.4, 0.5) is 24.5 Å². The summed E-state index contributed by atoms with van der Waals surface area (Å²) in [6, 6.07) is 7.52. The number of aliphatic hydroxyl groups excluding tert-OH is 1. The van der Waals surface area contributed by atoms with Crippen molar-refractivity contribution in [3.63, 3.8) is 0 Å². The molecule has 0 spiro atoms. The van der Waals surface area contributed by atoms with Gasteiger partial charge in [0.05, 0.1) is 16.8 Å². The summed E-state index contributed by atoms with van der Waals surface area (Å²) < 4.78 is 41.4. The average molecular weight is 399 g/mol. The summed E-state index contributed by atoms with van der Waals surface area (Å²) in [4.78, 5) is 13.9. The normalized spacial score (nSPS) is 20.3. The van der Waals surface area contributed by atoms with E-state index in [2.05, 4.69) is 5.32 Å². The second-order valence-corrected chi connectivity index (χ2v) is 6.88. The monoisotopic (exact) mass is 398 g/mol. The van der Waals surface area contributed by atoms with Gasteiger partial charge in [-0.25, -0.2) is 13.2 Å². The Kier molecular flexibility index (Phi) is 5.92. The summed E-state index contributed by atoms with van der Waals surface area (Å²) in [5.74, 6) is -1.73. The van der Waals surface area contributed by atoms with E-state index in [0.29, 0.717) is 12.1 Å². The Morgan fingerprint density at radius 2 is 1.93 bits per heavy atom. The Morgan fingerprint density at radius 3 is 2.67 bits per heavy atom. The second-order valence-electron chi connectivity index (χ2n) is 6.47. The maximum Gasteiger partial charge on any atom is 0.255 e. The molecule has 4 nitrogen and oxygen atoms in total. The minimum Gasteiger partial charge on any atom is -0.393 e. The molecule has 1 aliphatic rings. The molecule has 1 aliphatic heterocycles. The molecule has 0 bridgehead atoms. The van der Waals surface area contributed by atoms with Gasteiger partial charge in [-0.05, 0) is 42.8 Å². The molecule has 1 fully saturated rings. The number of hydrogen-bond donors (Lipinski definition) is 2. The molecular weight excluding hydrogens is 381 g/mol. The van der Waals surface area contributed by atoms with E-state index in [1.807, 2.05) is 0 Å². The van der Waals surface area contributed by atoms with E-state index in [-0.39, 0.29) is 35.8 Å². The van der Waals surface area contributed by atoms with E-state index in [1.165, 1.54) is 29.2 Å². The highest BCUT2D eigenvalue weighted by molar-refractivity contribution is 6.31. The van der Waals surface area contributed by atoms with Crippen molar-refractivity contribution in [1.82, 2.24) is 0 Å². The molecule has 144 valence electrons. The summed E-state index contributed by atoms with van der Waals surface area (Å²) in [6.45, 7) is 0.212. The molecule has 2 aromatic carbocycles. The predicted molar refractivity (Wildman–Crippen MR) is 98.1 cm³/mol. The zero-order chi connectivity index (χ0) is 19.6. The molecule has 3 rings (SSSR count). The number of rotatable bonds is 3. The van der Waals surface area contributed by atoms with E-state index in [9.17, 15) is 23.1 Å². The third-order valence-corrected chi connectivity index (χ3v) is 4.69. The Morgan fingerprint density at radius 1 is 1.19 bits per heavy atom. The molecular formula is C19H18ClF3N2O2. The summed E-state index contributed by atoms with van der Waals surface area (Å²) in [6.07, 6.45) is -1.75. The zero-order valence-electron chi connectivity index (χ0n) is 14.3. The number of benzene rings is 2. The highest BCUT2D eigenvalue weighted by Crippen LogP contribution is 2.26. The maximum atomic E-state index is 14.3. The van der Waals surface area contributed by atoms with Gasteiger partial charge >= 0.3 is 0 Å². The Balaban J connectivity index is 1.81. The Labute approximate surface area is 159 Å². The molecule has 2 aromatic rings. The van der Waals surface area contributed by atoms with E-state index in [0.717, 1.165) is 12.1 Å². The van der Waals surface area contributed by atoms with Gasteiger partial charge in [-0.3, -0.25) is 4.79 Å². The number of hydrogen-bond acceptors (Lipinski definition) is 3. The van der Waals surface area contributed by atoms with Crippen LogP contribution in [-0.4, -0.2) is 36.4 Å². The van der Waals surface area contributed by atoms with Gasteiger partial charge < -0.3 is 15.3 Å². The van der Waals surface area contributed by atoms with Crippen LogP contribution >= 0.6 is 11.6 Å². The van der Waals surface area contributed by atoms with Crippen molar-refractivity contribution in [2.45, 2.75) is 25.1 Å². The number of carbonyl (C=O) groups is 1. The first-order valence-electron chi connectivity index (χ1n) is 8.46. The van der Waals surface area contributed by atoms with Crippen LogP contribution in [0, 0.1) is 11.6 Å². The SMILES string of the molecule is O=C(Nc1ccc(F)c(Cl)c1)c1ccc(F)c(N2CCC(O)CC(F)C2)c1. The number of halogens is 4. The maximum absolute atomic E-state index is 14.3. The number of aliphatic hydroxyl groups is 1. The minimum absolute atomic E-state index is 0.00359. The van der Waals surface area contributed by atoms with Gasteiger partial charge in [0.2, 0.25) is 0 Å². The quantitative estimate of drug-likeness (QED) is 0.816. The first-order chi connectivity index (χ1) is 12.8. The highest BCUT2D eigenvalue weighted by atomic mass is 35.5. The van der Waals surface area contributed by atoms with Crippen molar-refractivity contribution in [2.24, 2.45) is 0 Å². The summed E-state index contributed by atoms with van der Waals surface area (Å²) >= 11 is 5.69. The number of nitrogens with zero attached hydrogens (tertiary/aromatic N) is 1. The fraction of sp³-hybridized carbons (Fsp3) is 0.316. The molecule has 1 amide bonds. The topological polar surface area (TPSA) is 52.6 Å². The average Bonchev–Trinajstić information content (AvgIpc) is 2.78. The van der Waals surface area contributed by atoms with Crippen LogP contribution in [0.1, 0.15) is 23.2 Å². The van der Waals surface area contributed by atoms with Crippen molar-refractivity contribution in [1.29, 1.82) is 0 Å². The first-order valence-corrected chi connectivity index (χ1v) is 8.84. The Bertz CT molecular complexity index is 850. The number of amides is 1. The van der Waals surface area contributed by atoms with Gasteiger partial charge in [0, 0.05) is 30.8 Å². The summed E-state index contributed by atoms with van der Waals surface area (Å²) in [5, 5.41) is 12.1. The van der Waals surface area contributed by atoms with Crippen molar-refractivity contribution in [3.8, 4) is 0 Å². The number of alkyl halides is 1. The van der Waals surface area contributed by atoms with Crippen molar-refractivity contribution < 1.29 is 23.1 Å². The van der Waals surface area contributed by atoms with E-state index in [4.69, 9.17) is 11.6 Å². The number of nitrogens with one attached hydrogen (secondary N) is 1.